The summed E-state index contributed by atoms with van der Waals surface area (Å²) in [6.07, 6.45) is 0. The van der Waals surface area contributed by atoms with Gasteiger partial charge in [0.1, 0.15) is 5.82 Å². The van der Waals surface area contributed by atoms with Gasteiger partial charge in [0, 0.05) is 24.5 Å². The number of rotatable bonds is 5. The first-order valence-corrected chi connectivity index (χ1v) is 8.17. The fraction of sp³-hybridized carbons (Fsp3) is 0.150. The van der Waals surface area contributed by atoms with Crippen LogP contribution in [-0.4, -0.2) is 30.1 Å². The highest BCUT2D eigenvalue weighted by molar-refractivity contribution is 5.96. The average Bonchev–Trinajstić information content (AvgIpc) is 2.67. The minimum absolute atomic E-state index is 0.414. The SMILES string of the molecule is COC(=O)c1ccccc1Nc1nc(C)cc(N(C)c2ccccc2)n1. The number of hydrogen-bond acceptors (Lipinski definition) is 6. The van der Waals surface area contributed by atoms with Gasteiger partial charge in [0.15, 0.2) is 0 Å². The minimum atomic E-state index is -0.414. The van der Waals surface area contributed by atoms with Crippen LogP contribution in [0.15, 0.2) is 60.7 Å². The molecule has 1 aromatic heterocycles. The lowest BCUT2D eigenvalue weighted by molar-refractivity contribution is 0.0602. The largest absolute Gasteiger partial charge is 0.465 e. The zero-order valence-electron chi connectivity index (χ0n) is 14.9. The first kappa shape index (κ1) is 17.4. The molecule has 6 nitrogen and oxygen atoms in total. The molecule has 0 saturated heterocycles. The standard InChI is InChI=1S/C20H20N4O2/c1-14-13-18(24(2)15-9-5-4-6-10-15)23-20(21-14)22-17-12-8-7-11-16(17)19(25)26-3/h4-13H,1-3H3,(H,21,22,23). The number of para-hydroxylation sites is 2. The summed E-state index contributed by atoms with van der Waals surface area (Å²) in [5.41, 5.74) is 2.86. The van der Waals surface area contributed by atoms with Crippen molar-refractivity contribution in [2.24, 2.45) is 0 Å². The molecule has 0 amide bonds. The molecule has 0 aliphatic rings. The van der Waals surface area contributed by atoms with Gasteiger partial charge in [-0.2, -0.15) is 4.98 Å². The number of benzene rings is 2. The van der Waals surface area contributed by atoms with E-state index in [1.807, 2.05) is 61.3 Å². The maximum atomic E-state index is 11.9. The summed E-state index contributed by atoms with van der Waals surface area (Å²) in [5, 5.41) is 3.13. The zero-order valence-corrected chi connectivity index (χ0v) is 14.9. The van der Waals surface area contributed by atoms with Crippen LogP contribution in [0.5, 0.6) is 0 Å². The monoisotopic (exact) mass is 348 g/mol. The summed E-state index contributed by atoms with van der Waals surface area (Å²) in [7, 11) is 3.30. The number of carbonyl (C=O) groups is 1. The fourth-order valence-electron chi connectivity index (χ4n) is 2.56. The van der Waals surface area contributed by atoms with Crippen LogP contribution in [0.1, 0.15) is 16.1 Å². The number of nitrogens with zero attached hydrogens (tertiary/aromatic N) is 3. The number of carbonyl (C=O) groups excluding carboxylic acids is 1. The van der Waals surface area contributed by atoms with E-state index in [4.69, 9.17) is 4.74 Å². The third-order valence-corrected chi connectivity index (χ3v) is 3.91. The van der Waals surface area contributed by atoms with Gasteiger partial charge in [0.25, 0.3) is 0 Å². The van der Waals surface area contributed by atoms with Crippen LogP contribution in [0.3, 0.4) is 0 Å². The van der Waals surface area contributed by atoms with Crippen molar-refractivity contribution in [2.75, 3.05) is 24.4 Å². The number of aromatic nitrogens is 2. The normalized spacial score (nSPS) is 10.3. The molecule has 0 aliphatic heterocycles. The second kappa shape index (κ2) is 7.65. The molecule has 3 rings (SSSR count). The van der Waals surface area contributed by atoms with Crippen molar-refractivity contribution >= 4 is 29.1 Å². The number of methoxy groups -OCH3 is 1. The molecule has 0 aliphatic carbocycles. The maximum Gasteiger partial charge on any atom is 0.339 e. The smallest absolute Gasteiger partial charge is 0.339 e. The number of anilines is 4. The van der Waals surface area contributed by atoms with Crippen LogP contribution in [0, 0.1) is 6.92 Å². The third kappa shape index (κ3) is 3.80. The Hall–Kier alpha value is -3.41. The van der Waals surface area contributed by atoms with Crippen molar-refractivity contribution in [1.29, 1.82) is 0 Å². The van der Waals surface area contributed by atoms with E-state index in [2.05, 4.69) is 15.3 Å². The zero-order chi connectivity index (χ0) is 18.5. The summed E-state index contributed by atoms with van der Waals surface area (Å²) >= 11 is 0. The Bertz CT molecular complexity index is 913. The average molecular weight is 348 g/mol. The van der Waals surface area contributed by atoms with E-state index >= 15 is 0 Å². The van der Waals surface area contributed by atoms with Crippen molar-refractivity contribution in [3.63, 3.8) is 0 Å². The van der Waals surface area contributed by atoms with E-state index in [0.29, 0.717) is 17.2 Å². The van der Waals surface area contributed by atoms with Crippen LogP contribution >= 0.6 is 0 Å². The molecule has 1 N–H and O–H groups in total. The first-order chi connectivity index (χ1) is 12.6. The van der Waals surface area contributed by atoms with Crippen molar-refractivity contribution in [1.82, 2.24) is 9.97 Å². The van der Waals surface area contributed by atoms with Gasteiger partial charge in [-0.1, -0.05) is 30.3 Å². The number of aryl methyl sites for hydroxylation is 1. The predicted octanol–water partition coefficient (Wildman–Crippen LogP) is 4.08. The van der Waals surface area contributed by atoms with Gasteiger partial charge in [-0.05, 0) is 31.2 Å². The lowest BCUT2D eigenvalue weighted by Gasteiger charge is -2.19. The van der Waals surface area contributed by atoms with Gasteiger partial charge < -0.3 is 15.0 Å². The number of hydrogen-bond donors (Lipinski definition) is 1. The van der Waals surface area contributed by atoms with E-state index in [-0.39, 0.29) is 0 Å². The second-order valence-electron chi connectivity index (χ2n) is 5.75. The Balaban J connectivity index is 1.93. The van der Waals surface area contributed by atoms with Gasteiger partial charge in [0.2, 0.25) is 5.95 Å². The molecule has 0 unspecified atom stereocenters. The highest BCUT2D eigenvalue weighted by Crippen LogP contribution is 2.25. The molecule has 132 valence electrons. The molecular weight excluding hydrogens is 328 g/mol. The van der Waals surface area contributed by atoms with Crippen molar-refractivity contribution < 1.29 is 9.53 Å². The van der Waals surface area contributed by atoms with Gasteiger partial charge in [-0.15, -0.1) is 0 Å². The molecule has 0 atom stereocenters. The summed E-state index contributed by atoms with van der Waals surface area (Å²) in [6.45, 7) is 1.90. The lowest BCUT2D eigenvalue weighted by atomic mass is 10.2. The second-order valence-corrected chi connectivity index (χ2v) is 5.75. The molecular formula is C20H20N4O2. The van der Waals surface area contributed by atoms with Crippen molar-refractivity contribution in [3.05, 3.63) is 71.9 Å². The molecule has 2 aromatic carbocycles. The van der Waals surface area contributed by atoms with Crippen LogP contribution in [0.4, 0.5) is 23.1 Å². The van der Waals surface area contributed by atoms with E-state index in [1.54, 1.807) is 18.2 Å². The Kier molecular flexibility index (Phi) is 5.12. The van der Waals surface area contributed by atoms with Gasteiger partial charge in [-0.3, -0.25) is 0 Å². The topological polar surface area (TPSA) is 67.3 Å². The number of ether oxygens (including phenoxy) is 1. The summed E-state index contributed by atoms with van der Waals surface area (Å²) in [5.74, 6) is 0.753. The molecule has 0 radical (unpaired) electrons. The van der Waals surface area contributed by atoms with Crippen molar-refractivity contribution in [3.8, 4) is 0 Å². The number of esters is 1. The van der Waals surface area contributed by atoms with Gasteiger partial charge >= 0.3 is 5.97 Å². The fourth-order valence-corrected chi connectivity index (χ4v) is 2.56. The summed E-state index contributed by atoms with van der Waals surface area (Å²) in [6, 6.07) is 19.0. The predicted molar refractivity (Wildman–Crippen MR) is 102 cm³/mol. The Morgan fingerprint density at radius 1 is 1.04 bits per heavy atom. The summed E-state index contributed by atoms with van der Waals surface area (Å²) in [4.78, 5) is 22.9. The van der Waals surface area contributed by atoms with Crippen LogP contribution in [-0.2, 0) is 4.74 Å². The summed E-state index contributed by atoms with van der Waals surface area (Å²) < 4.78 is 4.83. The van der Waals surface area contributed by atoms with E-state index < -0.39 is 5.97 Å². The van der Waals surface area contributed by atoms with E-state index in [0.717, 1.165) is 17.2 Å². The molecule has 0 saturated carbocycles. The molecule has 0 fully saturated rings. The van der Waals surface area contributed by atoms with E-state index in [9.17, 15) is 4.79 Å². The lowest BCUT2D eigenvalue weighted by Crippen LogP contribution is -2.13. The molecule has 0 bridgehead atoms. The first-order valence-electron chi connectivity index (χ1n) is 8.17. The van der Waals surface area contributed by atoms with Crippen molar-refractivity contribution in [2.45, 2.75) is 6.92 Å². The highest BCUT2D eigenvalue weighted by Gasteiger charge is 2.13. The third-order valence-electron chi connectivity index (χ3n) is 3.91. The van der Waals surface area contributed by atoms with Crippen LogP contribution in [0.25, 0.3) is 0 Å². The van der Waals surface area contributed by atoms with Gasteiger partial charge in [-0.25, -0.2) is 9.78 Å². The maximum absolute atomic E-state index is 11.9. The molecule has 3 aromatic rings. The molecule has 26 heavy (non-hydrogen) atoms. The molecule has 0 spiro atoms. The molecule has 1 heterocycles. The Morgan fingerprint density at radius 3 is 2.46 bits per heavy atom. The Morgan fingerprint density at radius 2 is 1.73 bits per heavy atom. The molecule has 6 heteroatoms. The quantitative estimate of drug-likeness (QED) is 0.701. The minimum Gasteiger partial charge on any atom is -0.465 e. The number of nitrogens with one attached hydrogen (secondary N) is 1. The van der Waals surface area contributed by atoms with E-state index in [1.165, 1.54) is 7.11 Å². The highest BCUT2D eigenvalue weighted by atomic mass is 16.5. The Labute approximate surface area is 152 Å². The van der Waals surface area contributed by atoms with Gasteiger partial charge in [0.05, 0.1) is 18.4 Å². The van der Waals surface area contributed by atoms with Crippen LogP contribution < -0.4 is 10.2 Å². The van der Waals surface area contributed by atoms with Crippen LogP contribution in [0.2, 0.25) is 0 Å².